The van der Waals surface area contributed by atoms with Gasteiger partial charge in [-0.25, -0.2) is 0 Å². The number of phenolic OH excluding ortho intramolecular Hbond substituents is 1. The van der Waals surface area contributed by atoms with Gasteiger partial charge >= 0.3 is 5.97 Å². The second-order valence-corrected chi connectivity index (χ2v) is 9.62. The normalized spacial score (nSPS) is 19.6. The molecule has 0 saturated carbocycles. The lowest BCUT2D eigenvalue weighted by Gasteiger charge is -2.32. The second kappa shape index (κ2) is 13.2. The smallest absolute Gasteiger partial charge is 0.323 e. The van der Waals surface area contributed by atoms with Crippen LogP contribution in [0.5, 0.6) is 11.5 Å². The number of methoxy groups -OCH3 is 1. The van der Waals surface area contributed by atoms with E-state index in [2.05, 4.69) is 17.9 Å². The lowest BCUT2D eigenvalue weighted by molar-refractivity contribution is -0.160. The van der Waals surface area contributed by atoms with Crippen molar-refractivity contribution in [3.63, 3.8) is 0 Å². The highest BCUT2D eigenvalue weighted by molar-refractivity contribution is 7.80. The molecule has 9 nitrogen and oxygen atoms in total. The molecule has 1 saturated heterocycles. The quantitative estimate of drug-likeness (QED) is 0.229. The number of carbonyl (C=O) groups excluding carboxylic acids is 2. The summed E-state index contributed by atoms with van der Waals surface area (Å²) in [5.74, 6) is -0.0445. The number of thiol groups is 1. The fourth-order valence-electron chi connectivity index (χ4n) is 3.87. The molecule has 2 N–H and O–H groups in total. The summed E-state index contributed by atoms with van der Waals surface area (Å²) in [6.07, 6.45) is 1.36. The van der Waals surface area contributed by atoms with Gasteiger partial charge in [0.05, 0.1) is 31.4 Å². The summed E-state index contributed by atoms with van der Waals surface area (Å²) in [6, 6.07) is 3.78. The standard InChI is InChI=1S/C24H38N2O7S/c1-24(2,3)33-23(29)20-9-8-19(26(20)4)18(15-34)25-22(28)17-7-6-16(14-21(17)27)32-13-12-31-11-10-30-5/h6-7,14,18-20,27,34H,8-13,15H2,1-5H3,(H,25,28)/t18-,19+,20+/m0/s1. The van der Waals surface area contributed by atoms with Crippen LogP contribution in [0.15, 0.2) is 18.2 Å². The molecule has 192 valence electrons. The van der Waals surface area contributed by atoms with E-state index in [-0.39, 0.29) is 35.4 Å². The number of rotatable bonds is 12. The molecule has 0 bridgehead atoms. The molecule has 0 spiro atoms. The van der Waals surface area contributed by atoms with E-state index in [1.807, 2.05) is 32.7 Å². The van der Waals surface area contributed by atoms with Crippen LogP contribution in [0.1, 0.15) is 44.0 Å². The van der Waals surface area contributed by atoms with Crippen LogP contribution in [0.3, 0.4) is 0 Å². The Balaban J connectivity index is 1.94. The van der Waals surface area contributed by atoms with E-state index in [4.69, 9.17) is 18.9 Å². The molecule has 0 unspecified atom stereocenters. The SMILES string of the molecule is COCCOCCOc1ccc(C(=O)N[C@@H](CS)[C@H]2CC[C@H](C(=O)OC(C)(C)C)N2C)c(O)c1. The first-order valence-electron chi connectivity index (χ1n) is 11.5. The average molecular weight is 499 g/mol. The van der Waals surface area contributed by atoms with Gasteiger partial charge < -0.3 is 29.4 Å². The summed E-state index contributed by atoms with van der Waals surface area (Å²) in [6.45, 7) is 7.20. The monoisotopic (exact) mass is 498 g/mol. The van der Waals surface area contributed by atoms with Crippen molar-refractivity contribution in [3.05, 3.63) is 23.8 Å². The number of aromatic hydroxyl groups is 1. The van der Waals surface area contributed by atoms with Gasteiger partial charge in [-0.2, -0.15) is 12.6 Å². The molecule has 10 heteroatoms. The molecule has 1 fully saturated rings. The molecule has 1 amide bonds. The van der Waals surface area contributed by atoms with Crippen molar-refractivity contribution in [2.45, 2.75) is 57.3 Å². The number of ether oxygens (including phenoxy) is 4. The van der Waals surface area contributed by atoms with Gasteiger partial charge in [-0.15, -0.1) is 0 Å². The molecule has 0 aromatic heterocycles. The highest BCUT2D eigenvalue weighted by Gasteiger charge is 2.41. The van der Waals surface area contributed by atoms with Crippen LogP contribution in [-0.4, -0.2) is 91.9 Å². The molecule has 34 heavy (non-hydrogen) atoms. The summed E-state index contributed by atoms with van der Waals surface area (Å²) in [7, 11) is 3.46. The first-order valence-corrected chi connectivity index (χ1v) is 12.1. The van der Waals surface area contributed by atoms with Gasteiger partial charge in [-0.05, 0) is 52.8 Å². The van der Waals surface area contributed by atoms with E-state index in [0.29, 0.717) is 44.4 Å². The molecular formula is C24H38N2O7S. The zero-order chi connectivity index (χ0) is 25.3. The van der Waals surface area contributed by atoms with Crippen molar-refractivity contribution < 1.29 is 33.6 Å². The minimum absolute atomic E-state index is 0.0816. The maximum Gasteiger partial charge on any atom is 0.323 e. The first-order chi connectivity index (χ1) is 16.1. The van der Waals surface area contributed by atoms with Gasteiger partial charge in [0, 0.05) is 25.0 Å². The van der Waals surface area contributed by atoms with E-state index < -0.39 is 11.5 Å². The Bertz CT molecular complexity index is 815. The van der Waals surface area contributed by atoms with Crippen LogP contribution in [0.4, 0.5) is 0 Å². The third-order valence-electron chi connectivity index (χ3n) is 5.55. The summed E-state index contributed by atoms with van der Waals surface area (Å²) in [5, 5.41) is 13.3. The number of esters is 1. The predicted octanol–water partition coefficient (Wildman–Crippen LogP) is 2.27. The molecule has 1 heterocycles. The Labute approximate surface area is 207 Å². The number of hydrogen-bond donors (Lipinski definition) is 3. The van der Waals surface area contributed by atoms with Crippen molar-refractivity contribution >= 4 is 24.5 Å². The summed E-state index contributed by atoms with van der Waals surface area (Å²) >= 11 is 4.42. The van der Waals surface area contributed by atoms with Gasteiger partial charge in [-0.3, -0.25) is 14.5 Å². The lowest BCUT2D eigenvalue weighted by atomic mass is 10.1. The molecule has 1 aromatic carbocycles. The number of nitrogens with zero attached hydrogens (tertiary/aromatic N) is 1. The van der Waals surface area contributed by atoms with Gasteiger partial charge in [0.1, 0.15) is 29.7 Å². The molecule has 2 rings (SSSR count). The third kappa shape index (κ3) is 8.33. The fraction of sp³-hybridized carbons (Fsp3) is 0.667. The Morgan fingerprint density at radius 2 is 1.91 bits per heavy atom. The Morgan fingerprint density at radius 3 is 2.53 bits per heavy atom. The highest BCUT2D eigenvalue weighted by atomic mass is 32.1. The predicted molar refractivity (Wildman–Crippen MR) is 132 cm³/mol. The summed E-state index contributed by atoms with van der Waals surface area (Å²) in [5.41, 5.74) is -0.419. The number of benzene rings is 1. The van der Waals surface area contributed by atoms with Crippen molar-refractivity contribution in [3.8, 4) is 11.5 Å². The van der Waals surface area contributed by atoms with Crippen LogP contribution in [0.2, 0.25) is 0 Å². The third-order valence-corrected chi connectivity index (χ3v) is 5.94. The second-order valence-electron chi connectivity index (χ2n) is 9.25. The van der Waals surface area contributed by atoms with E-state index >= 15 is 0 Å². The van der Waals surface area contributed by atoms with E-state index in [9.17, 15) is 14.7 Å². The van der Waals surface area contributed by atoms with Crippen molar-refractivity contribution in [1.29, 1.82) is 0 Å². The average Bonchev–Trinajstić information content (AvgIpc) is 3.14. The number of phenols is 1. The first kappa shape index (κ1) is 28.2. The van der Waals surface area contributed by atoms with E-state index in [1.165, 1.54) is 12.1 Å². The van der Waals surface area contributed by atoms with Crippen LogP contribution >= 0.6 is 12.6 Å². The largest absolute Gasteiger partial charge is 0.507 e. The minimum atomic E-state index is -0.558. The van der Waals surface area contributed by atoms with Crippen molar-refractivity contribution in [1.82, 2.24) is 10.2 Å². The fourth-order valence-corrected chi connectivity index (χ4v) is 4.21. The van der Waals surface area contributed by atoms with Crippen molar-refractivity contribution in [2.75, 3.05) is 46.3 Å². The van der Waals surface area contributed by atoms with Crippen LogP contribution in [-0.2, 0) is 19.0 Å². The van der Waals surface area contributed by atoms with E-state index in [1.54, 1.807) is 13.2 Å². The zero-order valence-electron chi connectivity index (χ0n) is 20.7. The van der Waals surface area contributed by atoms with Crippen LogP contribution in [0, 0.1) is 0 Å². The van der Waals surface area contributed by atoms with Crippen LogP contribution < -0.4 is 10.1 Å². The number of amides is 1. The van der Waals surface area contributed by atoms with E-state index in [0.717, 1.165) is 6.42 Å². The van der Waals surface area contributed by atoms with Crippen molar-refractivity contribution in [2.24, 2.45) is 0 Å². The Hall–Kier alpha value is -2.01. The summed E-state index contributed by atoms with van der Waals surface area (Å²) in [4.78, 5) is 27.4. The van der Waals surface area contributed by atoms with Gasteiger partial charge in [-0.1, -0.05) is 0 Å². The topological polar surface area (TPSA) is 107 Å². The number of carbonyl (C=O) groups is 2. The summed E-state index contributed by atoms with van der Waals surface area (Å²) < 4.78 is 21.3. The molecule has 0 radical (unpaired) electrons. The molecule has 1 aliphatic heterocycles. The molecule has 3 atom stereocenters. The number of likely N-dealkylation sites (tertiary alicyclic amines) is 1. The molecule has 0 aliphatic carbocycles. The van der Waals surface area contributed by atoms with Gasteiger partial charge in [0.2, 0.25) is 0 Å². The van der Waals surface area contributed by atoms with Gasteiger partial charge in [0.25, 0.3) is 5.91 Å². The molecule has 1 aromatic rings. The number of likely N-dealkylation sites (N-methyl/N-ethyl adjacent to an activating group) is 1. The highest BCUT2D eigenvalue weighted by Crippen LogP contribution is 2.28. The lowest BCUT2D eigenvalue weighted by Crippen LogP contribution is -2.52. The minimum Gasteiger partial charge on any atom is -0.507 e. The van der Waals surface area contributed by atoms with Crippen LogP contribution in [0.25, 0.3) is 0 Å². The maximum atomic E-state index is 12.9. The molecule has 1 aliphatic rings. The number of nitrogens with one attached hydrogen (secondary N) is 1. The maximum absolute atomic E-state index is 12.9. The van der Waals surface area contributed by atoms with Gasteiger partial charge in [0.15, 0.2) is 0 Å². The Morgan fingerprint density at radius 1 is 1.21 bits per heavy atom. The Kier molecular flexibility index (Phi) is 10.9. The number of hydrogen-bond acceptors (Lipinski definition) is 9. The molecular weight excluding hydrogens is 460 g/mol. The zero-order valence-corrected chi connectivity index (χ0v) is 21.6.